The molecule has 66 valence electrons. The van der Waals surface area contributed by atoms with Gasteiger partial charge < -0.3 is 0 Å². The predicted octanol–water partition coefficient (Wildman–Crippen LogP) is 3.09. The van der Waals surface area contributed by atoms with Gasteiger partial charge in [-0.15, -0.1) is 23.7 Å². The Balaban J connectivity index is 3.78. The summed E-state index contributed by atoms with van der Waals surface area (Å²) in [4.78, 5) is 0. The highest BCUT2D eigenvalue weighted by atomic mass is 14.1. The molecule has 0 saturated heterocycles. The SMILES string of the molecule is CC#CCC(C)[C@@H](C)CC#CC. The molecule has 0 spiro atoms. The Morgan fingerprint density at radius 2 is 1.17 bits per heavy atom. The lowest BCUT2D eigenvalue weighted by Gasteiger charge is -2.14. The molecule has 0 aromatic carbocycles. The summed E-state index contributed by atoms with van der Waals surface area (Å²) in [6, 6.07) is 0. The minimum absolute atomic E-state index is 0.665. The molecule has 1 unspecified atom stereocenters. The van der Waals surface area contributed by atoms with Crippen molar-refractivity contribution in [2.45, 2.75) is 40.5 Å². The Morgan fingerprint density at radius 1 is 0.833 bits per heavy atom. The van der Waals surface area contributed by atoms with Gasteiger partial charge >= 0.3 is 0 Å². The van der Waals surface area contributed by atoms with Gasteiger partial charge in [-0.1, -0.05) is 13.8 Å². The molecule has 0 N–H and O–H groups in total. The highest BCUT2D eigenvalue weighted by Crippen LogP contribution is 2.17. The maximum atomic E-state index is 3.11. The van der Waals surface area contributed by atoms with Gasteiger partial charge in [0.1, 0.15) is 0 Å². The first-order valence-corrected chi connectivity index (χ1v) is 4.51. The van der Waals surface area contributed by atoms with E-state index < -0.39 is 0 Å². The Labute approximate surface area is 76.8 Å². The normalized spacial score (nSPS) is 13.3. The van der Waals surface area contributed by atoms with Crippen molar-refractivity contribution in [2.75, 3.05) is 0 Å². The van der Waals surface area contributed by atoms with Crippen LogP contribution < -0.4 is 0 Å². The fraction of sp³-hybridized carbons (Fsp3) is 0.667. The summed E-state index contributed by atoms with van der Waals surface area (Å²) in [6.45, 7) is 8.27. The van der Waals surface area contributed by atoms with Gasteiger partial charge in [0, 0.05) is 12.8 Å². The zero-order valence-corrected chi connectivity index (χ0v) is 8.57. The highest BCUT2D eigenvalue weighted by Gasteiger charge is 2.08. The van der Waals surface area contributed by atoms with Crippen molar-refractivity contribution in [1.82, 2.24) is 0 Å². The molecule has 0 radical (unpaired) electrons. The van der Waals surface area contributed by atoms with Crippen LogP contribution in [0.2, 0.25) is 0 Å². The first kappa shape index (κ1) is 11.1. The van der Waals surface area contributed by atoms with Crippen molar-refractivity contribution in [2.24, 2.45) is 11.8 Å². The van der Waals surface area contributed by atoms with E-state index in [4.69, 9.17) is 0 Å². The van der Waals surface area contributed by atoms with E-state index in [2.05, 4.69) is 37.5 Å². The summed E-state index contributed by atoms with van der Waals surface area (Å²) in [7, 11) is 0. The van der Waals surface area contributed by atoms with Crippen LogP contribution in [-0.4, -0.2) is 0 Å². The van der Waals surface area contributed by atoms with Crippen molar-refractivity contribution in [3.05, 3.63) is 0 Å². The molecule has 0 fully saturated rings. The van der Waals surface area contributed by atoms with E-state index >= 15 is 0 Å². The van der Waals surface area contributed by atoms with Crippen LogP contribution in [0.3, 0.4) is 0 Å². The average Bonchev–Trinajstić information content (AvgIpc) is 2.10. The smallest absolute Gasteiger partial charge is 0.0117 e. The number of hydrogen-bond acceptors (Lipinski definition) is 0. The molecule has 0 nitrogen and oxygen atoms in total. The predicted molar refractivity (Wildman–Crippen MR) is 54.5 cm³/mol. The molecule has 0 saturated carbocycles. The van der Waals surface area contributed by atoms with Gasteiger partial charge in [-0.2, -0.15) is 0 Å². The first-order valence-electron chi connectivity index (χ1n) is 4.51. The lowest BCUT2D eigenvalue weighted by Crippen LogP contribution is -2.06. The largest absolute Gasteiger partial charge is 0.107 e. The van der Waals surface area contributed by atoms with Gasteiger partial charge in [0.05, 0.1) is 0 Å². The topological polar surface area (TPSA) is 0 Å². The standard InChI is InChI=1S/C12H18/c1-5-7-9-11(3)12(4)10-8-6-2/h11-12H,9-10H2,1-4H3/t11-,12?/m0/s1. The molecule has 0 aliphatic rings. The van der Waals surface area contributed by atoms with E-state index in [-0.39, 0.29) is 0 Å². The van der Waals surface area contributed by atoms with Crippen LogP contribution in [0, 0.1) is 35.5 Å². The summed E-state index contributed by atoms with van der Waals surface area (Å²) < 4.78 is 0. The summed E-state index contributed by atoms with van der Waals surface area (Å²) in [5.74, 6) is 13.4. The van der Waals surface area contributed by atoms with Crippen LogP contribution in [0.1, 0.15) is 40.5 Å². The molecule has 0 bridgehead atoms. The second kappa shape index (κ2) is 6.81. The van der Waals surface area contributed by atoms with Gasteiger partial charge in [-0.3, -0.25) is 0 Å². The molecule has 0 amide bonds. The summed E-state index contributed by atoms with van der Waals surface area (Å²) in [5.41, 5.74) is 0. The van der Waals surface area contributed by atoms with Crippen LogP contribution in [0.15, 0.2) is 0 Å². The maximum absolute atomic E-state index is 3.11. The third kappa shape index (κ3) is 4.86. The van der Waals surface area contributed by atoms with Crippen LogP contribution in [-0.2, 0) is 0 Å². The van der Waals surface area contributed by atoms with E-state index in [1.165, 1.54) is 0 Å². The van der Waals surface area contributed by atoms with Crippen LogP contribution in [0.5, 0.6) is 0 Å². The molecule has 0 heterocycles. The molecular weight excluding hydrogens is 144 g/mol. The van der Waals surface area contributed by atoms with Crippen molar-refractivity contribution in [1.29, 1.82) is 0 Å². The lowest BCUT2D eigenvalue weighted by molar-refractivity contribution is 0.404. The van der Waals surface area contributed by atoms with Crippen LogP contribution >= 0.6 is 0 Å². The number of rotatable bonds is 3. The molecular formula is C12H18. The minimum Gasteiger partial charge on any atom is -0.107 e. The number of hydrogen-bond donors (Lipinski definition) is 0. The first-order chi connectivity index (χ1) is 5.72. The zero-order valence-electron chi connectivity index (χ0n) is 8.57. The lowest BCUT2D eigenvalue weighted by atomic mass is 9.91. The second-order valence-electron chi connectivity index (χ2n) is 3.22. The zero-order chi connectivity index (χ0) is 9.40. The Bertz CT molecular complexity index is 190. The molecule has 0 heteroatoms. The minimum atomic E-state index is 0.665. The van der Waals surface area contributed by atoms with Crippen molar-refractivity contribution in [3.63, 3.8) is 0 Å². The van der Waals surface area contributed by atoms with Gasteiger partial charge in [0.15, 0.2) is 0 Å². The van der Waals surface area contributed by atoms with Gasteiger partial charge in [-0.25, -0.2) is 0 Å². The van der Waals surface area contributed by atoms with E-state index in [0.29, 0.717) is 11.8 Å². The van der Waals surface area contributed by atoms with E-state index in [1.54, 1.807) is 0 Å². The third-order valence-corrected chi connectivity index (χ3v) is 2.17. The third-order valence-electron chi connectivity index (χ3n) is 2.17. The molecule has 2 atom stereocenters. The second-order valence-corrected chi connectivity index (χ2v) is 3.22. The fourth-order valence-corrected chi connectivity index (χ4v) is 0.928. The van der Waals surface area contributed by atoms with Crippen LogP contribution in [0.4, 0.5) is 0 Å². The van der Waals surface area contributed by atoms with E-state index in [1.807, 2.05) is 13.8 Å². The van der Waals surface area contributed by atoms with Gasteiger partial charge in [0.2, 0.25) is 0 Å². The quantitative estimate of drug-likeness (QED) is 0.559. The maximum Gasteiger partial charge on any atom is 0.0117 e. The summed E-state index contributed by atoms with van der Waals surface area (Å²) in [6.07, 6.45) is 2.01. The summed E-state index contributed by atoms with van der Waals surface area (Å²) in [5, 5.41) is 0. The molecule has 0 aromatic rings. The van der Waals surface area contributed by atoms with E-state index in [0.717, 1.165) is 12.8 Å². The van der Waals surface area contributed by atoms with Gasteiger partial charge in [0.25, 0.3) is 0 Å². The molecule has 0 rings (SSSR count). The van der Waals surface area contributed by atoms with Crippen molar-refractivity contribution in [3.8, 4) is 23.7 Å². The highest BCUT2D eigenvalue weighted by molar-refractivity contribution is 4.99. The molecule has 0 aliphatic heterocycles. The van der Waals surface area contributed by atoms with Gasteiger partial charge in [-0.05, 0) is 25.7 Å². The monoisotopic (exact) mass is 162 g/mol. The summed E-state index contributed by atoms with van der Waals surface area (Å²) >= 11 is 0. The molecule has 0 aliphatic carbocycles. The van der Waals surface area contributed by atoms with Crippen molar-refractivity contribution >= 4 is 0 Å². The Morgan fingerprint density at radius 3 is 1.42 bits per heavy atom. The van der Waals surface area contributed by atoms with Crippen molar-refractivity contribution < 1.29 is 0 Å². The Kier molecular flexibility index (Phi) is 6.31. The van der Waals surface area contributed by atoms with E-state index in [9.17, 15) is 0 Å². The molecule has 0 aromatic heterocycles. The average molecular weight is 162 g/mol. The van der Waals surface area contributed by atoms with Crippen LogP contribution in [0.25, 0.3) is 0 Å². The molecule has 12 heavy (non-hydrogen) atoms. The Hall–Kier alpha value is -0.880. The fourth-order valence-electron chi connectivity index (χ4n) is 0.928.